The number of hydrogen-bond donors (Lipinski definition) is 1. The Morgan fingerprint density at radius 2 is 2.28 bits per heavy atom. The van der Waals surface area contributed by atoms with Crippen LogP contribution in [0.3, 0.4) is 0 Å². The first-order valence-corrected chi connectivity index (χ1v) is 6.67. The molecule has 2 aliphatic rings. The number of nitrogens with one attached hydrogen (secondary N) is 1. The standard InChI is InChI=1S/C12H16ClN3O2/c1-7-5-16(6-10(18-7)8-2-3-8)11-4-9(13)12(17)15-14-11/h4,7-8,10H,2-3,5-6H2,1H3,(H,15,17). The van der Waals surface area contributed by atoms with Crippen LogP contribution in [0.4, 0.5) is 5.82 Å². The van der Waals surface area contributed by atoms with Crippen molar-refractivity contribution in [2.45, 2.75) is 32.0 Å². The summed E-state index contributed by atoms with van der Waals surface area (Å²) in [5, 5.41) is 6.66. The Morgan fingerprint density at radius 3 is 2.94 bits per heavy atom. The molecule has 18 heavy (non-hydrogen) atoms. The summed E-state index contributed by atoms with van der Waals surface area (Å²) >= 11 is 5.84. The van der Waals surface area contributed by atoms with Crippen molar-refractivity contribution in [2.24, 2.45) is 5.92 Å². The van der Waals surface area contributed by atoms with Gasteiger partial charge < -0.3 is 9.64 Å². The van der Waals surface area contributed by atoms with E-state index in [2.05, 4.69) is 22.0 Å². The first kappa shape index (κ1) is 12.0. The molecule has 0 spiro atoms. The van der Waals surface area contributed by atoms with Crippen LogP contribution in [0, 0.1) is 5.92 Å². The van der Waals surface area contributed by atoms with Gasteiger partial charge in [-0.15, -0.1) is 0 Å². The van der Waals surface area contributed by atoms with Gasteiger partial charge in [0.25, 0.3) is 5.56 Å². The third-order valence-corrected chi connectivity index (χ3v) is 3.78. The molecule has 98 valence electrons. The highest BCUT2D eigenvalue weighted by Gasteiger charge is 2.37. The molecule has 0 bridgehead atoms. The van der Waals surface area contributed by atoms with E-state index in [1.165, 1.54) is 12.8 Å². The summed E-state index contributed by atoms with van der Waals surface area (Å²) < 4.78 is 5.94. The fourth-order valence-corrected chi connectivity index (χ4v) is 2.58. The lowest BCUT2D eigenvalue weighted by Crippen LogP contribution is -2.48. The summed E-state index contributed by atoms with van der Waals surface area (Å²) in [4.78, 5) is 13.3. The van der Waals surface area contributed by atoms with Crippen molar-refractivity contribution in [1.29, 1.82) is 0 Å². The lowest BCUT2D eigenvalue weighted by atomic mass is 10.1. The van der Waals surface area contributed by atoms with Gasteiger partial charge in [-0.25, -0.2) is 5.10 Å². The van der Waals surface area contributed by atoms with Crippen molar-refractivity contribution in [3.63, 3.8) is 0 Å². The Kier molecular flexibility index (Phi) is 3.03. The number of hydrogen-bond acceptors (Lipinski definition) is 4. The highest BCUT2D eigenvalue weighted by Crippen LogP contribution is 2.37. The monoisotopic (exact) mass is 269 g/mol. The van der Waals surface area contributed by atoms with Gasteiger partial charge in [0.05, 0.1) is 12.2 Å². The zero-order valence-corrected chi connectivity index (χ0v) is 11.0. The van der Waals surface area contributed by atoms with Gasteiger partial charge in [0.15, 0.2) is 5.82 Å². The van der Waals surface area contributed by atoms with E-state index in [0.29, 0.717) is 5.92 Å². The quantitative estimate of drug-likeness (QED) is 0.882. The van der Waals surface area contributed by atoms with E-state index in [-0.39, 0.29) is 22.8 Å². The summed E-state index contributed by atoms with van der Waals surface area (Å²) in [6.45, 7) is 3.66. The SMILES string of the molecule is CC1CN(c2cc(Cl)c(=O)[nH]n2)CC(C2CC2)O1. The maximum Gasteiger partial charge on any atom is 0.283 e. The highest BCUT2D eigenvalue weighted by molar-refractivity contribution is 6.30. The molecule has 2 fully saturated rings. The second kappa shape index (κ2) is 4.55. The number of anilines is 1. The maximum absolute atomic E-state index is 11.2. The molecule has 0 radical (unpaired) electrons. The van der Waals surface area contributed by atoms with E-state index in [0.717, 1.165) is 18.9 Å². The van der Waals surface area contributed by atoms with Gasteiger partial charge in [-0.05, 0) is 25.7 Å². The number of nitrogens with zero attached hydrogens (tertiary/aromatic N) is 2. The van der Waals surface area contributed by atoms with Gasteiger partial charge in [-0.2, -0.15) is 5.10 Å². The Hall–Kier alpha value is -1.07. The molecule has 6 heteroatoms. The van der Waals surface area contributed by atoms with Crippen LogP contribution in [-0.4, -0.2) is 35.5 Å². The van der Waals surface area contributed by atoms with E-state index in [4.69, 9.17) is 16.3 Å². The predicted octanol–water partition coefficient (Wildman–Crippen LogP) is 1.43. The fourth-order valence-electron chi connectivity index (χ4n) is 2.44. The lowest BCUT2D eigenvalue weighted by molar-refractivity contribution is -0.0274. The van der Waals surface area contributed by atoms with Crippen molar-refractivity contribution in [3.05, 3.63) is 21.4 Å². The van der Waals surface area contributed by atoms with Crippen LogP contribution in [-0.2, 0) is 4.74 Å². The molecule has 5 nitrogen and oxygen atoms in total. The molecule has 1 saturated heterocycles. The Balaban J connectivity index is 1.81. The summed E-state index contributed by atoms with van der Waals surface area (Å²) in [5.74, 6) is 1.41. The number of halogens is 1. The Bertz CT molecular complexity index is 500. The van der Waals surface area contributed by atoms with Crippen LogP contribution in [0.1, 0.15) is 19.8 Å². The summed E-state index contributed by atoms with van der Waals surface area (Å²) in [5.41, 5.74) is -0.347. The Morgan fingerprint density at radius 1 is 1.50 bits per heavy atom. The lowest BCUT2D eigenvalue weighted by Gasteiger charge is -2.37. The molecule has 1 aromatic heterocycles. The van der Waals surface area contributed by atoms with Crippen LogP contribution in [0.2, 0.25) is 5.02 Å². The number of aromatic amines is 1. The molecule has 1 saturated carbocycles. The molecule has 1 aromatic rings. The van der Waals surface area contributed by atoms with Gasteiger partial charge in [0, 0.05) is 19.2 Å². The average molecular weight is 270 g/mol. The zero-order valence-electron chi connectivity index (χ0n) is 10.2. The number of morpholine rings is 1. The third kappa shape index (κ3) is 2.37. The van der Waals surface area contributed by atoms with Crippen LogP contribution in [0.25, 0.3) is 0 Å². The first-order valence-electron chi connectivity index (χ1n) is 6.29. The third-order valence-electron chi connectivity index (χ3n) is 3.50. The minimum Gasteiger partial charge on any atom is -0.371 e. The van der Waals surface area contributed by atoms with Gasteiger partial charge in [0.1, 0.15) is 5.02 Å². The van der Waals surface area contributed by atoms with Crippen LogP contribution < -0.4 is 10.5 Å². The molecule has 0 aromatic carbocycles. The van der Waals surface area contributed by atoms with Crippen molar-refractivity contribution < 1.29 is 4.74 Å². The molecular weight excluding hydrogens is 254 g/mol. The topological polar surface area (TPSA) is 58.2 Å². The molecule has 2 heterocycles. The van der Waals surface area contributed by atoms with E-state index in [1.807, 2.05) is 0 Å². The van der Waals surface area contributed by atoms with E-state index in [1.54, 1.807) is 6.07 Å². The molecule has 1 aliphatic carbocycles. The van der Waals surface area contributed by atoms with Gasteiger partial charge in [-0.1, -0.05) is 11.6 Å². The second-order valence-corrected chi connectivity index (χ2v) is 5.54. The number of ether oxygens (including phenoxy) is 1. The zero-order chi connectivity index (χ0) is 12.7. The van der Waals surface area contributed by atoms with Crippen LogP contribution in [0.15, 0.2) is 10.9 Å². The molecule has 3 rings (SSSR count). The van der Waals surface area contributed by atoms with E-state index >= 15 is 0 Å². The van der Waals surface area contributed by atoms with Gasteiger partial charge in [0.2, 0.25) is 0 Å². The van der Waals surface area contributed by atoms with Crippen molar-refractivity contribution in [3.8, 4) is 0 Å². The van der Waals surface area contributed by atoms with Crippen LogP contribution in [0.5, 0.6) is 0 Å². The molecule has 2 atom stereocenters. The molecule has 2 unspecified atom stereocenters. The summed E-state index contributed by atoms with van der Waals surface area (Å²) in [7, 11) is 0. The highest BCUT2D eigenvalue weighted by atomic mass is 35.5. The van der Waals surface area contributed by atoms with Gasteiger partial charge in [-0.3, -0.25) is 4.79 Å². The van der Waals surface area contributed by atoms with E-state index in [9.17, 15) is 4.79 Å². The molecule has 1 aliphatic heterocycles. The Labute approximate surface area is 110 Å². The molecule has 1 N–H and O–H groups in total. The average Bonchev–Trinajstić information content (AvgIpc) is 3.16. The molecule has 0 amide bonds. The normalized spacial score (nSPS) is 28.4. The molecular formula is C12H16ClN3O2. The minimum absolute atomic E-state index is 0.178. The van der Waals surface area contributed by atoms with Crippen LogP contribution >= 0.6 is 11.6 Å². The van der Waals surface area contributed by atoms with Crippen molar-refractivity contribution in [1.82, 2.24) is 10.2 Å². The fraction of sp³-hybridized carbons (Fsp3) is 0.667. The van der Waals surface area contributed by atoms with Crippen molar-refractivity contribution >= 4 is 17.4 Å². The largest absolute Gasteiger partial charge is 0.371 e. The van der Waals surface area contributed by atoms with Gasteiger partial charge >= 0.3 is 0 Å². The minimum atomic E-state index is -0.347. The smallest absolute Gasteiger partial charge is 0.283 e. The second-order valence-electron chi connectivity index (χ2n) is 5.13. The number of rotatable bonds is 2. The van der Waals surface area contributed by atoms with E-state index < -0.39 is 0 Å². The van der Waals surface area contributed by atoms with Crippen molar-refractivity contribution in [2.75, 3.05) is 18.0 Å². The predicted molar refractivity (Wildman–Crippen MR) is 69.1 cm³/mol. The number of H-pyrrole nitrogens is 1. The maximum atomic E-state index is 11.2. The summed E-state index contributed by atoms with van der Waals surface area (Å²) in [6, 6.07) is 1.63. The first-order chi connectivity index (χ1) is 8.63. The number of aromatic nitrogens is 2. The summed E-state index contributed by atoms with van der Waals surface area (Å²) in [6.07, 6.45) is 2.97.